The van der Waals surface area contributed by atoms with E-state index in [-0.39, 0.29) is 24.8 Å². The van der Waals surface area contributed by atoms with Crippen LogP contribution in [0.5, 0.6) is 0 Å². The first-order chi connectivity index (χ1) is 11.6. The summed E-state index contributed by atoms with van der Waals surface area (Å²) in [7, 11) is 0. The number of hydrogen-bond acceptors (Lipinski definition) is 3. The van der Waals surface area contributed by atoms with Crippen LogP contribution in [0.25, 0.3) is 0 Å². The van der Waals surface area contributed by atoms with Gasteiger partial charge in [0.2, 0.25) is 5.91 Å². The fourth-order valence-electron chi connectivity index (χ4n) is 2.13. The average molecular weight is 330 g/mol. The number of hydrogen-bond donors (Lipinski definition) is 3. The topological polar surface area (TPSA) is 78.4 Å². The van der Waals surface area contributed by atoms with Crippen LogP contribution in [0, 0.1) is 5.82 Å². The van der Waals surface area contributed by atoms with Gasteiger partial charge in [-0.05, 0) is 48.4 Å². The maximum absolute atomic E-state index is 12.8. The number of carbonyl (C=O) groups excluding carboxylic acids is 2. The third-order valence-corrected chi connectivity index (χ3v) is 3.37. The number of amides is 2. The lowest BCUT2D eigenvalue weighted by molar-refractivity contribution is -0.116. The molecule has 0 saturated heterocycles. The van der Waals surface area contributed by atoms with Crippen LogP contribution in [-0.4, -0.2) is 23.5 Å². The smallest absolute Gasteiger partial charge is 0.251 e. The van der Waals surface area contributed by atoms with Gasteiger partial charge < -0.3 is 15.7 Å². The molecule has 0 aromatic heterocycles. The predicted octanol–water partition coefficient (Wildman–Crippen LogP) is 2.47. The van der Waals surface area contributed by atoms with Crippen LogP contribution in [0.15, 0.2) is 48.5 Å². The lowest BCUT2D eigenvalue weighted by Gasteiger charge is -2.07. The van der Waals surface area contributed by atoms with Gasteiger partial charge in [0.15, 0.2) is 0 Å². The summed E-state index contributed by atoms with van der Waals surface area (Å²) in [4.78, 5) is 23.6. The normalized spacial score (nSPS) is 10.2. The van der Waals surface area contributed by atoms with Crippen molar-refractivity contribution in [2.45, 2.75) is 19.4 Å². The molecular weight excluding hydrogens is 311 g/mol. The van der Waals surface area contributed by atoms with Gasteiger partial charge in [0.25, 0.3) is 5.91 Å². The molecule has 2 aromatic rings. The van der Waals surface area contributed by atoms with Crippen molar-refractivity contribution in [2.75, 3.05) is 11.9 Å². The number of nitrogens with one attached hydrogen (secondary N) is 2. The van der Waals surface area contributed by atoms with E-state index in [1.165, 1.54) is 24.3 Å². The van der Waals surface area contributed by atoms with Crippen LogP contribution >= 0.6 is 0 Å². The molecular formula is C18H19FN2O3. The molecule has 24 heavy (non-hydrogen) atoms. The maximum Gasteiger partial charge on any atom is 0.251 e. The van der Waals surface area contributed by atoms with Crippen LogP contribution in [0.3, 0.4) is 0 Å². The van der Waals surface area contributed by atoms with Crippen LogP contribution in [0.4, 0.5) is 10.1 Å². The molecule has 0 aliphatic rings. The minimum absolute atomic E-state index is 0.0842. The Bertz CT molecular complexity index is 702. The third kappa shape index (κ3) is 5.48. The molecule has 0 fully saturated rings. The molecule has 0 unspecified atom stereocenters. The second-order valence-electron chi connectivity index (χ2n) is 5.27. The van der Waals surface area contributed by atoms with E-state index in [1.54, 1.807) is 24.3 Å². The summed E-state index contributed by atoms with van der Waals surface area (Å²) < 4.78 is 12.8. The van der Waals surface area contributed by atoms with Crippen molar-refractivity contribution in [2.24, 2.45) is 0 Å². The van der Waals surface area contributed by atoms with Crippen molar-refractivity contribution in [3.05, 3.63) is 65.5 Å². The first kappa shape index (κ1) is 17.6. The lowest BCUT2D eigenvalue weighted by Crippen LogP contribution is -2.25. The second-order valence-corrected chi connectivity index (χ2v) is 5.27. The number of halogens is 1. The van der Waals surface area contributed by atoms with Crippen molar-refractivity contribution in [3.63, 3.8) is 0 Å². The summed E-state index contributed by atoms with van der Waals surface area (Å²) in [5.74, 6) is -0.860. The van der Waals surface area contributed by atoms with E-state index in [1.807, 2.05) is 0 Å². The van der Waals surface area contributed by atoms with E-state index in [0.29, 0.717) is 24.2 Å². The molecule has 0 saturated carbocycles. The first-order valence-corrected chi connectivity index (χ1v) is 7.62. The second kappa shape index (κ2) is 8.79. The Balaban J connectivity index is 1.70. The van der Waals surface area contributed by atoms with Crippen molar-refractivity contribution < 1.29 is 19.1 Å². The fourth-order valence-corrected chi connectivity index (χ4v) is 2.13. The minimum atomic E-state index is -0.395. The van der Waals surface area contributed by atoms with Gasteiger partial charge in [0.1, 0.15) is 5.82 Å². The quantitative estimate of drug-likeness (QED) is 0.683. The highest BCUT2D eigenvalue weighted by atomic mass is 19.1. The molecule has 2 aromatic carbocycles. The minimum Gasteiger partial charge on any atom is -0.392 e. The number of benzene rings is 2. The highest BCUT2D eigenvalue weighted by Crippen LogP contribution is 2.11. The van der Waals surface area contributed by atoms with Gasteiger partial charge in [-0.2, -0.15) is 0 Å². The molecule has 0 aliphatic carbocycles. The van der Waals surface area contributed by atoms with E-state index in [9.17, 15) is 14.0 Å². The molecule has 3 N–H and O–H groups in total. The van der Waals surface area contributed by atoms with Crippen LogP contribution in [0.1, 0.15) is 28.8 Å². The van der Waals surface area contributed by atoms with Gasteiger partial charge >= 0.3 is 0 Å². The number of aliphatic hydroxyl groups excluding tert-OH is 1. The largest absolute Gasteiger partial charge is 0.392 e. The Kier molecular flexibility index (Phi) is 6.45. The summed E-state index contributed by atoms with van der Waals surface area (Å²) in [6.07, 6.45) is 0.742. The molecule has 0 aliphatic heterocycles. The molecule has 0 radical (unpaired) electrons. The van der Waals surface area contributed by atoms with Crippen LogP contribution < -0.4 is 10.6 Å². The Morgan fingerprint density at radius 2 is 1.83 bits per heavy atom. The standard InChI is InChI=1S/C18H19FN2O3/c19-15-8-6-14(7-9-15)18(24)20-10-2-5-17(23)21-16-4-1-3-13(11-16)12-22/h1,3-4,6-9,11,22H,2,5,10,12H2,(H,20,24)(H,21,23). The molecule has 0 bridgehead atoms. The molecule has 5 nitrogen and oxygen atoms in total. The summed E-state index contributed by atoms with van der Waals surface area (Å²) >= 11 is 0. The molecule has 2 amide bonds. The van der Waals surface area contributed by atoms with E-state index in [4.69, 9.17) is 5.11 Å². The van der Waals surface area contributed by atoms with Gasteiger partial charge in [-0.25, -0.2) is 4.39 Å². The Labute approximate surface area is 139 Å². The monoisotopic (exact) mass is 330 g/mol. The highest BCUT2D eigenvalue weighted by Gasteiger charge is 2.06. The number of aliphatic hydroxyl groups is 1. The third-order valence-electron chi connectivity index (χ3n) is 3.37. The van der Waals surface area contributed by atoms with Crippen molar-refractivity contribution in [1.29, 1.82) is 0 Å². The zero-order valence-electron chi connectivity index (χ0n) is 13.1. The molecule has 0 heterocycles. The molecule has 2 rings (SSSR count). The van der Waals surface area contributed by atoms with E-state index in [0.717, 1.165) is 5.56 Å². The van der Waals surface area contributed by atoms with Gasteiger partial charge in [-0.1, -0.05) is 12.1 Å². The summed E-state index contributed by atoms with van der Waals surface area (Å²) in [5, 5.41) is 14.5. The summed E-state index contributed by atoms with van der Waals surface area (Å²) in [6, 6.07) is 12.2. The molecule has 6 heteroatoms. The number of carbonyl (C=O) groups is 2. The van der Waals surface area contributed by atoms with Gasteiger partial charge in [0, 0.05) is 24.2 Å². The Hall–Kier alpha value is -2.73. The van der Waals surface area contributed by atoms with Crippen molar-refractivity contribution >= 4 is 17.5 Å². The van der Waals surface area contributed by atoms with Crippen LogP contribution in [-0.2, 0) is 11.4 Å². The maximum atomic E-state index is 12.8. The highest BCUT2D eigenvalue weighted by molar-refractivity contribution is 5.94. The Morgan fingerprint density at radius 1 is 1.08 bits per heavy atom. The van der Waals surface area contributed by atoms with E-state index < -0.39 is 5.82 Å². The number of rotatable bonds is 7. The first-order valence-electron chi connectivity index (χ1n) is 7.62. The van der Waals surface area contributed by atoms with Crippen molar-refractivity contribution in [3.8, 4) is 0 Å². The zero-order chi connectivity index (χ0) is 17.4. The van der Waals surface area contributed by atoms with Crippen molar-refractivity contribution in [1.82, 2.24) is 5.32 Å². The van der Waals surface area contributed by atoms with Crippen LogP contribution in [0.2, 0.25) is 0 Å². The van der Waals surface area contributed by atoms with Gasteiger partial charge in [-0.3, -0.25) is 9.59 Å². The Morgan fingerprint density at radius 3 is 2.54 bits per heavy atom. The lowest BCUT2D eigenvalue weighted by atomic mass is 10.2. The SMILES string of the molecule is O=C(CCCNC(=O)c1ccc(F)cc1)Nc1cccc(CO)c1. The fraction of sp³-hybridized carbons (Fsp3) is 0.222. The summed E-state index contributed by atoms with van der Waals surface area (Å²) in [5.41, 5.74) is 1.72. The van der Waals surface area contributed by atoms with Gasteiger partial charge in [0.05, 0.1) is 6.61 Å². The zero-order valence-corrected chi connectivity index (χ0v) is 13.1. The number of anilines is 1. The predicted molar refractivity (Wildman–Crippen MR) is 89.0 cm³/mol. The van der Waals surface area contributed by atoms with E-state index >= 15 is 0 Å². The average Bonchev–Trinajstić information content (AvgIpc) is 2.59. The molecule has 126 valence electrons. The van der Waals surface area contributed by atoms with Gasteiger partial charge in [-0.15, -0.1) is 0 Å². The molecule has 0 spiro atoms. The summed E-state index contributed by atoms with van der Waals surface area (Å²) in [6.45, 7) is 0.263. The van der Waals surface area contributed by atoms with E-state index in [2.05, 4.69) is 10.6 Å². The molecule has 0 atom stereocenters.